The quantitative estimate of drug-likeness (QED) is 0.763. The van der Waals surface area contributed by atoms with Crippen molar-refractivity contribution >= 4 is 17.6 Å². The zero-order chi connectivity index (χ0) is 10.6. The lowest BCUT2D eigenvalue weighted by atomic mass is 10.5. The van der Waals surface area contributed by atoms with Gasteiger partial charge in [-0.1, -0.05) is 0 Å². The molecule has 14 heavy (non-hydrogen) atoms. The van der Waals surface area contributed by atoms with Crippen LogP contribution in [0.4, 0.5) is 5.82 Å². The van der Waals surface area contributed by atoms with Crippen molar-refractivity contribution in [3.8, 4) is 11.9 Å². The number of hydrogen-bond donors (Lipinski definition) is 1. The van der Waals surface area contributed by atoms with Crippen LogP contribution in [0.25, 0.3) is 0 Å². The number of aromatic nitrogens is 2. The van der Waals surface area contributed by atoms with E-state index < -0.39 is 0 Å². The van der Waals surface area contributed by atoms with Crippen LogP contribution in [-0.4, -0.2) is 37.5 Å². The lowest BCUT2D eigenvalue weighted by molar-refractivity contribution is 0.346. The summed E-state index contributed by atoms with van der Waals surface area (Å²) in [5.41, 5.74) is 0. The number of rotatable bonds is 4. The van der Waals surface area contributed by atoms with Crippen molar-refractivity contribution in [2.24, 2.45) is 0 Å². The number of anilines is 1. The highest BCUT2D eigenvalue weighted by atomic mass is 32.2. The van der Waals surface area contributed by atoms with Gasteiger partial charge < -0.3 is 14.8 Å². The largest absolute Gasteiger partial charge is 0.480 e. The van der Waals surface area contributed by atoms with Gasteiger partial charge in [0.2, 0.25) is 5.88 Å². The molecule has 0 bridgehead atoms. The number of thioether (sulfide) groups is 1. The molecule has 1 heterocycles. The summed E-state index contributed by atoms with van der Waals surface area (Å²) in [4.78, 5) is 9.09. The van der Waals surface area contributed by atoms with Crippen molar-refractivity contribution in [2.75, 3.05) is 32.8 Å². The molecular weight excluding hydrogens is 202 g/mol. The Balaban J connectivity index is 3.24. The summed E-state index contributed by atoms with van der Waals surface area (Å²) < 4.78 is 10.1. The second-order valence-electron chi connectivity index (χ2n) is 2.35. The minimum atomic E-state index is 0.295. The Bertz CT molecular complexity index is 294. The smallest absolute Gasteiger partial charge is 0.321 e. The van der Waals surface area contributed by atoms with Crippen molar-refractivity contribution in [1.82, 2.24) is 9.97 Å². The summed E-state index contributed by atoms with van der Waals surface area (Å²) in [6.07, 6.45) is 1.94. The summed E-state index contributed by atoms with van der Waals surface area (Å²) in [6, 6.07) is 0.295. The molecule has 0 atom stereocenters. The molecule has 6 heteroatoms. The van der Waals surface area contributed by atoms with Gasteiger partial charge in [0.15, 0.2) is 5.82 Å². The SMILES string of the molecule is CNc1nc(OC)nc(OC)c1SC. The van der Waals surface area contributed by atoms with E-state index >= 15 is 0 Å². The van der Waals surface area contributed by atoms with E-state index in [1.165, 1.54) is 18.9 Å². The van der Waals surface area contributed by atoms with Gasteiger partial charge in [0.25, 0.3) is 0 Å². The highest BCUT2D eigenvalue weighted by Gasteiger charge is 2.13. The molecule has 0 saturated heterocycles. The van der Waals surface area contributed by atoms with Gasteiger partial charge in [-0.15, -0.1) is 11.8 Å². The molecule has 78 valence electrons. The first-order valence-electron chi connectivity index (χ1n) is 3.98. The summed E-state index contributed by atoms with van der Waals surface area (Å²) >= 11 is 1.52. The summed E-state index contributed by atoms with van der Waals surface area (Å²) in [5.74, 6) is 1.23. The lowest BCUT2D eigenvalue weighted by Crippen LogP contribution is -2.02. The molecular formula is C8H13N3O2S. The van der Waals surface area contributed by atoms with E-state index in [1.807, 2.05) is 6.26 Å². The second-order valence-corrected chi connectivity index (χ2v) is 3.17. The molecule has 0 aromatic carbocycles. The molecule has 1 N–H and O–H groups in total. The molecule has 0 spiro atoms. The van der Waals surface area contributed by atoms with Gasteiger partial charge in [0.1, 0.15) is 4.90 Å². The number of ether oxygens (including phenoxy) is 2. The first-order chi connectivity index (χ1) is 6.76. The minimum absolute atomic E-state index is 0.295. The van der Waals surface area contributed by atoms with E-state index in [4.69, 9.17) is 9.47 Å². The van der Waals surface area contributed by atoms with E-state index in [-0.39, 0.29) is 0 Å². The van der Waals surface area contributed by atoms with Crippen LogP contribution in [-0.2, 0) is 0 Å². The fraction of sp³-hybridized carbons (Fsp3) is 0.500. The predicted octanol–water partition coefficient (Wildman–Crippen LogP) is 1.26. The highest BCUT2D eigenvalue weighted by Crippen LogP contribution is 2.33. The Kier molecular flexibility index (Phi) is 3.82. The third-order valence-corrected chi connectivity index (χ3v) is 2.41. The normalized spacial score (nSPS) is 9.71. The van der Waals surface area contributed by atoms with Crippen LogP contribution in [0.5, 0.6) is 11.9 Å². The van der Waals surface area contributed by atoms with Crippen LogP contribution >= 0.6 is 11.8 Å². The molecule has 0 radical (unpaired) electrons. The van der Waals surface area contributed by atoms with Gasteiger partial charge in [0.05, 0.1) is 14.2 Å². The topological polar surface area (TPSA) is 56.3 Å². The second kappa shape index (κ2) is 4.90. The number of hydrogen-bond acceptors (Lipinski definition) is 6. The van der Waals surface area contributed by atoms with Crippen LogP contribution in [0.3, 0.4) is 0 Å². The average molecular weight is 215 g/mol. The van der Waals surface area contributed by atoms with Crippen LogP contribution < -0.4 is 14.8 Å². The first-order valence-corrected chi connectivity index (χ1v) is 5.21. The molecule has 0 fully saturated rings. The zero-order valence-corrected chi connectivity index (χ0v) is 9.44. The lowest BCUT2D eigenvalue weighted by Gasteiger charge is -2.10. The Labute approximate surface area is 87.2 Å². The zero-order valence-electron chi connectivity index (χ0n) is 8.62. The molecule has 0 unspecified atom stereocenters. The van der Waals surface area contributed by atoms with Crippen LogP contribution in [0.2, 0.25) is 0 Å². The molecule has 0 aliphatic heterocycles. The van der Waals surface area contributed by atoms with Gasteiger partial charge in [-0.3, -0.25) is 0 Å². The summed E-state index contributed by atoms with van der Waals surface area (Å²) in [5, 5.41) is 2.96. The third-order valence-electron chi connectivity index (χ3n) is 1.63. The van der Waals surface area contributed by atoms with E-state index in [1.54, 1.807) is 14.2 Å². The third kappa shape index (κ3) is 2.01. The van der Waals surface area contributed by atoms with E-state index in [0.717, 1.165) is 4.90 Å². The van der Waals surface area contributed by atoms with Gasteiger partial charge >= 0.3 is 6.01 Å². The van der Waals surface area contributed by atoms with Crippen molar-refractivity contribution < 1.29 is 9.47 Å². The molecule has 5 nitrogen and oxygen atoms in total. The van der Waals surface area contributed by atoms with E-state index in [9.17, 15) is 0 Å². The van der Waals surface area contributed by atoms with Crippen LogP contribution in [0.15, 0.2) is 4.90 Å². The van der Waals surface area contributed by atoms with Gasteiger partial charge in [-0.25, -0.2) is 0 Å². The number of methoxy groups -OCH3 is 2. The predicted molar refractivity (Wildman–Crippen MR) is 56.5 cm³/mol. The minimum Gasteiger partial charge on any atom is -0.480 e. The fourth-order valence-corrected chi connectivity index (χ4v) is 1.64. The monoisotopic (exact) mass is 215 g/mol. The molecule has 0 amide bonds. The Hall–Kier alpha value is -1.17. The first kappa shape index (κ1) is 10.9. The highest BCUT2D eigenvalue weighted by molar-refractivity contribution is 7.98. The standard InChI is InChI=1S/C8H13N3O2S/c1-9-6-5(14-4)7(12-2)11-8(10-6)13-3/h1-4H3,(H,9,10,11). The maximum atomic E-state index is 5.13. The number of nitrogens with zero attached hydrogens (tertiary/aromatic N) is 2. The maximum Gasteiger partial charge on any atom is 0.321 e. The van der Waals surface area contributed by atoms with E-state index in [0.29, 0.717) is 17.7 Å². The molecule has 1 aromatic rings. The molecule has 0 aliphatic carbocycles. The Morgan fingerprint density at radius 3 is 2.36 bits per heavy atom. The van der Waals surface area contributed by atoms with Crippen molar-refractivity contribution in [3.05, 3.63) is 0 Å². The van der Waals surface area contributed by atoms with Gasteiger partial charge in [-0.2, -0.15) is 9.97 Å². The maximum absolute atomic E-state index is 5.13. The molecule has 0 saturated carbocycles. The summed E-state index contributed by atoms with van der Waals surface area (Å²) in [6.45, 7) is 0. The molecule has 1 rings (SSSR count). The summed E-state index contributed by atoms with van der Waals surface area (Å²) in [7, 11) is 4.88. The van der Waals surface area contributed by atoms with Gasteiger partial charge in [-0.05, 0) is 6.26 Å². The molecule has 0 aliphatic rings. The number of nitrogens with one attached hydrogen (secondary N) is 1. The van der Waals surface area contributed by atoms with Crippen molar-refractivity contribution in [3.63, 3.8) is 0 Å². The fourth-order valence-electron chi connectivity index (χ4n) is 0.993. The van der Waals surface area contributed by atoms with Crippen molar-refractivity contribution in [2.45, 2.75) is 4.90 Å². The van der Waals surface area contributed by atoms with Crippen molar-refractivity contribution in [1.29, 1.82) is 0 Å². The van der Waals surface area contributed by atoms with Crippen LogP contribution in [0, 0.1) is 0 Å². The van der Waals surface area contributed by atoms with Gasteiger partial charge in [0, 0.05) is 7.05 Å². The average Bonchev–Trinajstić information content (AvgIpc) is 2.26. The van der Waals surface area contributed by atoms with Crippen LogP contribution in [0.1, 0.15) is 0 Å². The Morgan fingerprint density at radius 1 is 1.21 bits per heavy atom. The Morgan fingerprint density at radius 2 is 1.93 bits per heavy atom. The van der Waals surface area contributed by atoms with E-state index in [2.05, 4.69) is 15.3 Å². The molecule has 1 aromatic heterocycles.